The third-order valence-corrected chi connectivity index (χ3v) is 14.1. The second-order valence-electron chi connectivity index (χ2n) is 16.8. The topological polar surface area (TPSA) is 181 Å². The van der Waals surface area contributed by atoms with Gasteiger partial charge in [-0.3, -0.25) is 0 Å². The molecule has 16 heteroatoms. The Morgan fingerprint density at radius 2 is 1.24 bits per heavy atom. The molecule has 0 radical (unpaired) electrons. The number of nitrogens with one attached hydrogen (secondary N) is 2. The Bertz CT molecular complexity index is 2030. The molecule has 2 unspecified atom stereocenters. The zero-order chi connectivity index (χ0) is 40.6. The maximum atomic E-state index is 14.1. The number of hydrogen-bond acceptors (Lipinski definition) is 11. The van der Waals surface area contributed by atoms with E-state index in [1.807, 2.05) is 34.6 Å². The molecule has 3 aromatic rings. The first kappa shape index (κ1) is 42.3. The van der Waals surface area contributed by atoms with E-state index in [-0.39, 0.29) is 72.3 Å². The highest BCUT2D eigenvalue weighted by atomic mass is 32.2. The number of sulfonamides is 2. The number of carbonyl (C=O) groups excluding carboxylic acids is 2. The van der Waals surface area contributed by atoms with Gasteiger partial charge in [-0.1, -0.05) is 60.1 Å². The van der Waals surface area contributed by atoms with Crippen molar-refractivity contribution in [3.8, 4) is 0 Å². The van der Waals surface area contributed by atoms with Crippen LogP contribution in [0.15, 0.2) is 51.4 Å². The highest BCUT2D eigenvalue weighted by Gasteiger charge is 2.35. The summed E-state index contributed by atoms with van der Waals surface area (Å²) in [4.78, 5) is 44.5. The average Bonchev–Trinajstić information content (AvgIpc) is 3.09. The van der Waals surface area contributed by atoms with E-state index in [4.69, 9.17) is 9.57 Å². The van der Waals surface area contributed by atoms with Crippen LogP contribution in [-0.4, -0.2) is 75.3 Å². The van der Waals surface area contributed by atoms with Crippen LogP contribution in [0.5, 0.6) is 0 Å². The molecular weight excluding hydrogens is 747 g/mol. The minimum absolute atomic E-state index is 0.0276. The van der Waals surface area contributed by atoms with E-state index < -0.39 is 43.8 Å². The van der Waals surface area contributed by atoms with E-state index in [0.717, 1.165) is 12.8 Å². The number of piperidine rings is 2. The van der Waals surface area contributed by atoms with Crippen LogP contribution in [0, 0.1) is 34.5 Å². The normalized spacial score (nSPS) is 22.9. The summed E-state index contributed by atoms with van der Waals surface area (Å²) < 4.78 is 64.9. The van der Waals surface area contributed by atoms with Gasteiger partial charge in [-0.15, -0.1) is 4.91 Å². The number of hydrogen-bond donors (Lipinski definition) is 2. The molecule has 2 N–H and O–H groups in total. The van der Waals surface area contributed by atoms with Crippen molar-refractivity contribution in [2.75, 3.05) is 31.7 Å². The maximum absolute atomic E-state index is 14.1. The number of nitroso groups, excluding NO2 is 1. The van der Waals surface area contributed by atoms with E-state index >= 15 is 0 Å². The Kier molecular flexibility index (Phi) is 12.5. The minimum Gasteiger partial charge on any atom is -0.458 e. The van der Waals surface area contributed by atoms with E-state index in [0.29, 0.717) is 32.6 Å². The lowest BCUT2D eigenvalue weighted by Gasteiger charge is -2.34. The fourth-order valence-corrected chi connectivity index (χ4v) is 11.3. The first-order chi connectivity index (χ1) is 25.7. The number of amides is 1. The summed E-state index contributed by atoms with van der Waals surface area (Å²) in [5, 5.41) is 6.68. The predicted molar refractivity (Wildman–Crippen MR) is 213 cm³/mol. The van der Waals surface area contributed by atoms with Crippen LogP contribution in [0.1, 0.15) is 81.6 Å². The summed E-state index contributed by atoms with van der Waals surface area (Å²) in [6.07, 6.45) is 1.27. The monoisotopic (exact) mass is 801 g/mol. The van der Waals surface area contributed by atoms with Gasteiger partial charge in [0.2, 0.25) is 20.0 Å². The number of benzene rings is 3. The second-order valence-corrected chi connectivity index (χ2v) is 20.7. The van der Waals surface area contributed by atoms with Gasteiger partial charge in [0.25, 0.3) is 0 Å². The first-order valence-corrected chi connectivity index (χ1v) is 21.9. The zero-order valence-corrected chi connectivity index (χ0v) is 34.8. The highest BCUT2D eigenvalue weighted by molar-refractivity contribution is 7.89. The zero-order valence-electron chi connectivity index (χ0n) is 33.2. The summed E-state index contributed by atoms with van der Waals surface area (Å²) in [7, 11) is -8.05. The standard InChI is InChI=1S/C39H55N5O9S2/c1-10-27(6)34(37(45)52-39(7,8)9)40-38(46)53-42-36-32-17-28(54(48,49)43-19-23(2)15-24(3)20-43)11-13-30(32)35(41-47)31-14-12-29(18-33(31)36)55(50,51)44-21-25(4)16-26(5)22-44/h11-14,17-18,23-27,34,42H,10,15-16,19-22H2,1-9H3,(H,40,46)/t23-,24+,25-,26+,27?,34?. The number of carbonyl (C=O) groups is 2. The number of ether oxygens (including phenoxy) is 1. The highest BCUT2D eigenvalue weighted by Crippen LogP contribution is 2.44. The van der Waals surface area contributed by atoms with Gasteiger partial charge in [0.1, 0.15) is 17.3 Å². The summed E-state index contributed by atoms with van der Waals surface area (Å²) in [6.45, 7) is 18.1. The van der Waals surface area contributed by atoms with Gasteiger partial charge in [0, 0.05) is 47.7 Å². The van der Waals surface area contributed by atoms with E-state index in [2.05, 4.69) is 16.0 Å². The van der Waals surface area contributed by atoms with Crippen LogP contribution >= 0.6 is 0 Å². The molecule has 0 saturated carbocycles. The molecular formula is C39H55N5O9S2. The van der Waals surface area contributed by atoms with Crippen molar-refractivity contribution in [2.24, 2.45) is 34.8 Å². The van der Waals surface area contributed by atoms with Gasteiger partial charge in [-0.05, 0) is 92.6 Å². The molecule has 5 rings (SSSR count). The number of rotatable bonds is 11. The summed E-state index contributed by atoms with van der Waals surface area (Å²) >= 11 is 0. The molecule has 2 saturated heterocycles. The maximum Gasteiger partial charge on any atom is 0.432 e. The molecule has 1 amide bonds. The summed E-state index contributed by atoms with van der Waals surface area (Å²) in [6, 6.07) is 7.47. The molecule has 0 bridgehead atoms. The van der Waals surface area contributed by atoms with Crippen LogP contribution in [0.4, 0.5) is 16.2 Å². The molecule has 6 atom stereocenters. The van der Waals surface area contributed by atoms with E-state index in [1.54, 1.807) is 27.7 Å². The Morgan fingerprint density at radius 3 is 1.62 bits per heavy atom. The molecule has 2 heterocycles. The van der Waals surface area contributed by atoms with Gasteiger partial charge in [-0.2, -0.15) is 8.61 Å². The fourth-order valence-electron chi connectivity index (χ4n) is 7.88. The second kappa shape index (κ2) is 16.3. The Morgan fingerprint density at radius 1 is 0.800 bits per heavy atom. The van der Waals surface area contributed by atoms with Crippen LogP contribution in [-0.2, 0) is 34.4 Å². The largest absolute Gasteiger partial charge is 0.458 e. The molecule has 0 spiro atoms. The number of fused-ring (bicyclic) bond motifs is 2. The summed E-state index contributed by atoms with van der Waals surface area (Å²) in [5.41, 5.74) is 1.82. The average molecular weight is 802 g/mol. The van der Waals surface area contributed by atoms with Crippen molar-refractivity contribution in [3.05, 3.63) is 41.3 Å². The number of anilines is 1. The van der Waals surface area contributed by atoms with Crippen molar-refractivity contribution in [1.82, 2.24) is 13.9 Å². The fraction of sp³-hybridized carbons (Fsp3) is 0.590. The lowest BCUT2D eigenvalue weighted by molar-refractivity contribution is -0.158. The van der Waals surface area contributed by atoms with Gasteiger partial charge in [0.05, 0.1) is 15.5 Å². The van der Waals surface area contributed by atoms with Crippen molar-refractivity contribution in [2.45, 2.75) is 103 Å². The Balaban J connectivity index is 1.65. The molecule has 55 heavy (non-hydrogen) atoms. The molecule has 3 aromatic carbocycles. The van der Waals surface area contributed by atoms with E-state index in [1.165, 1.54) is 45.0 Å². The molecule has 302 valence electrons. The molecule has 2 fully saturated rings. The van der Waals surface area contributed by atoms with Crippen LogP contribution < -0.4 is 10.8 Å². The Hall–Kier alpha value is -3.86. The van der Waals surface area contributed by atoms with Crippen molar-refractivity contribution >= 4 is 65.0 Å². The third-order valence-electron chi connectivity index (χ3n) is 10.5. The number of esters is 1. The molecule has 2 aliphatic heterocycles. The molecule has 2 aliphatic rings. The van der Waals surface area contributed by atoms with Gasteiger partial charge in [-0.25, -0.2) is 31.9 Å². The smallest absolute Gasteiger partial charge is 0.432 e. The lowest BCUT2D eigenvalue weighted by atomic mass is 9.94. The molecule has 14 nitrogen and oxygen atoms in total. The van der Waals surface area contributed by atoms with Gasteiger partial charge in [0.15, 0.2) is 0 Å². The SMILES string of the molecule is CCC(C)C(NC(=O)ONc1c2cc(S(=O)(=O)N3C[C@H](C)C[C@H](C)C3)ccc2c(N=O)c2ccc(S(=O)(=O)N3C[C@H](C)C[C@H](C)C3)cc12)C(=O)OC(C)(C)C. The van der Waals surface area contributed by atoms with Gasteiger partial charge >= 0.3 is 12.1 Å². The quantitative estimate of drug-likeness (QED) is 0.0851. The van der Waals surface area contributed by atoms with Crippen molar-refractivity contribution in [1.29, 1.82) is 0 Å². The van der Waals surface area contributed by atoms with Crippen molar-refractivity contribution < 1.29 is 36.0 Å². The molecule has 0 aromatic heterocycles. The van der Waals surface area contributed by atoms with Crippen molar-refractivity contribution in [3.63, 3.8) is 0 Å². The van der Waals surface area contributed by atoms with Crippen LogP contribution in [0.3, 0.4) is 0 Å². The Labute approximate surface area is 324 Å². The predicted octanol–water partition coefficient (Wildman–Crippen LogP) is 7.53. The van der Waals surface area contributed by atoms with E-state index in [9.17, 15) is 31.3 Å². The van der Waals surface area contributed by atoms with Crippen LogP contribution in [0.2, 0.25) is 0 Å². The van der Waals surface area contributed by atoms with Crippen LogP contribution in [0.25, 0.3) is 21.5 Å². The first-order valence-electron chi connectivity index (χ1n) is 19.0. The third kappa shape index (κ3) is 9.24. The number of nitrogens with zero attached hydrogens (tertiary/aromatic N) is 3. The lowest BCUT2D eigenvalue weighted by Crippen LogP contribution is -2.48. The minimum atomic E-state index is -4.03. The van der Waals surface area contributed by atoms with Gasteiger partial charge < -0.3 is 14.9 Å². The molecule has 0 aliphatic carbocycles. The summed E-state index contributed by atoms with van der Waals surface area (Å²) in [5.74, 6) is -0.409.